The molecular formula is C21H22Cl2N2S. The van der Waals surface area contributed by atoms with Gasteiger partial charge in [-0.15, -0.1) is 11.8 Å². The molecule has 0 saturated carbocycles. The van der Waals surface area contributed by atoms with E-state index < -0.39 is 0 Å². The molecule has 1 fully saturated rings. The van der Waals surface area contributed by atoms with Crippen LogP contribution in [0.15, 0.2) is 35.2 Å². The predicted octanol–water partition coefficient (Wildman–Crippen LogP) is 5.81. The molecule has 0 amide bonds. The molecule has 5 heteroatoms. The lowest BCUT2D eigenvalue weighted by atomic mass is 9.89. The Kier molecular flexibility index (Phi) is 4.60. The predicted molar refractivity (Wildman–Crippen MR) is 113 cm³/mol. The maximum Gasteiger partial charge on any atom is 0.0543 e. The van der Waals surface area contributed by atoms with E-state index in [1.54, 1.807) is 0 Å². The van der Waals surface area contributed by atoms with Crippen LogP contribution in [0.1, 0.15) is 30.7 Å². The van der Waals surface area contributed by atoms with Crippen molar-refractivity contribution in [2.75, 3.05) is 30.3 Å². The fourth-order valence-corrected chi connectivity index (χ4v) is 6.42. The van der Waals surface area contributed by atoms with Gasteiger partial charge in [0.05, 0.1) is 5.69 Å². The van der Waals surface area contributed by atoms with Crippen LogP contribution in [0.5, 0.6) is 0 Å². The number of nitrogens with one attached hydrogen (secondary N) is 1. The first-order valence-corrected chi connectivity index (χ1v) is 11.2. The highest BCUT2D eigenvalue weighted by molar-refractivity contribution is 7.99. The van der Waals surface area contributed by atoms with Gasteiger partial charge in [-0.25, -0.2) is 0 Å². The van der Waals surface area contributed by atoms with Crippen LogP contribution in [0.3, 0.4) is 0 Å². The standard InChI is InChI=1S/C21H22Cl2N2S/c22-14-2-3-15(18(23)12-14)13-10-17-16-4-6-24-7-5-19(16)25-8-1-9-26-20(11-13)21(17)25/h2-3,10-12,16,19,24H,1,4-9H2. The highest BCUT2D eigenvalue weighted by atomic mass is 35.5. The summed E-state index contributed by atoms with van der Waals surface area (Å²) < 4.78 is 0. The number of rotatable bonds is 1. The van der Waals surface area contributed by atoms with Crippen LogP contribution in [0.25, 0.3) is 11.1 Å². The summed E-state index contributed by atoms with van der Waals surface area (Å²) >= 11 is 14.7. The van der Waals surface area contributed by atoms with E-state index in [-0.39, 0.29) is 0 Å². The molecule has 0 spiro atoms. The number of fused-ring (bicyclic) bond motifs is 3. The van der Waals surface area contributed by atoms with Crippen LogP contribution in [0, 0.1) is 0 Å². The quantitative estimate of drug-likeness (QED) is 0.644. The Hall–Kier alpha value is -0.870. The summed E-state index contributed by atoms with van der Waals surface area (Å²) in [5, 5.41) is 5.02. The lowest BCUT2D eigenvalue weighted by Gasteiger charge is -2.28. The summed E-state index contributed by atoms with van der Waals surface area (Å²) in [7, 11) is 0. The lowest BCUT2D eigenvalue weighted by Crippen LogP contribution is -2.35. The van der Waals surface area contributed by atoms with E-state index in [9.17, 15) is 0 Å². The normalized spacial score (nSPS) is 24.6. The number of thioether (sulfide) groups is 1. The van der Waals surface area contributed by atoms with Crippen LogP contribution < -0.4 is 10.2 Å². The summed E-state index contributed by atoms with van der Waals surface area (Å²) in [6.07, 6.45) is 3.71. The highest BCUT2D eigenvalue weighted by Crippen LogP contribution is 2.52. The Morgan fingerprint density at radius 2 is 1.96 bits per heavy atom. The van der Waals surface area contributed by atoms with Crippen molar-refractivity contribution in [3.63, 3.8) is 0 Å². The van der Waals surface area contributed by atoms with Gasteiger partial charge in [0, 0.05) is 39.0 Å². The second-order valence-corrected chi connectivity index (χ2v) is 9.41. The Morgan fingerprint density at radius 3 is 2.85 bits per heavy atom. The van der Waals surface area contributed by atoms with Gasteiger partial charge in [0.25, 0.3) is 0 Å². The van der Waals surface area contributed by atoms with Gasteiger partial charge < -0.3 is 10.2 Å². The van der Waals surface area contributed by atoms with E-state index in [1.807, 2.05) is 23.9 Å². The molecule has 136 valence electrons. The minimum atomic E-state index is 0.628. The van der Waals surface area contributed by atoms with Gasteiger partial charge in [-0.1, -0.05) is 29.3 Å². The second-order valence-electron chi connectivity index (χ2n) is 7.43. The van der Waals surface area contributed by atoms with Crippen molar-refractivity contribution in [2.24, 2.45) is 0 Å². The van der Waals surface area contributed by atoms with Gasteiger partial charge in [-0.3, -0.25) is 0 Å². The van der Waals surface area contributed by atoms with E-state index in [0.29, 0.717) is 17.0 Å². The molecule has 2 unspecified atom stereocenters. The number of hydrogen-bond acceptors (Lipinski definition) is 3. The molecule has 2 aromatic carbocycles. The third-order valence-electron chi connectivity index (χ3n) is 5.95. The van der Waals surface area contributed by atoms with Crippen LogP contribution in [-0.2, 0) is 0 Å². The molecule has 26 heavy (non-hydrogen) atoms. The molecule has 0 bridgehead atoms. The highest BCUT2D eigenvalue weighted by Gasteiger charge is 2.41. The van der Waals surface area contributed by atoms with Gasteiger partial charge in [0.2, 0.25) is 0 Å². The molecule has 0 aliphatic carbocycles. The maximum atomic E-state index is 6.54. The number of nitrogens with zero attached hydrogens (tertiary/aromatic N) is 1. The molecule has 0 aromatic heterocycles. The van der Waals surface area contributed by atoms with Crippen LogP contribution >= 0.6 is 35.0 Å². The largest absolute Gasteiger partial charge is 0.367 e. The molecule has 2 atom stereocenters. The molecule has 1 saturated heterocycles. The maximum absolute atomic E-state index is 6.54. The van der Waals surface area contributed by atoms with Gasteiger partial charge in [-0.2, -0.15) is 0 Å². The minimum absolute atomic E-state index is 0.628. The topological polar surface area (TPSA) is 15.3 Å². The van der Waals surface area contributed by atoms with Crippen molar-refractivity contribution >= 4 is 40.7 Å². The molecule has 1 N–H and O–H groups in total. The molecule has 0 radical (unpaired) electrons. The molecule has 2 aromatic rings. The number of halogens is 2. The van der Waals surface area contributed by atoms with Gasteiger partial charge in [-0.05, 0) is 73.5 Å². The fourth-order valence-electron chi connectivity index (χ4n) is 4.83. The van der Waals surface area contributed by atoms with Crippen molar-refractivity contribution in [1.82, 2.24) is 5.32 Å². The summed E-state index contributed by atoms with van der Waals surface area (Å²) in [6, 6.07) is 11.2. The summed E-state index contributed by atoms with van der Waals surface area (Å²) in [6.45, 7) is 3.43. The fraction of sp³-hybridized carbons (Fsp3) is 0.429. The Morgan fingerprint density at radius 1 is 1.08 bits per heavy atom. The summed E-state index contributed by atoms with van der Waals surface area (Å²) in [4.78, 5) is 4.15. The zero-order valence-corrected chi connectivity index (χ0v) is 16.9. The first-order valence-electron chi connectivity index (χ1n) is 9.46. The molecular weight excluding hydrogens is 383 g/mol. The van der Waals surface area contributed by atoms with Crippen molar-refractivity contribution < 1.29 is 0 Å². The average Bonchev–Trinajstić information content (AvgIpc) is 2.83. The monoisotopic (exact) mass is 404 g/mol. The first-order chi connectivity index (χ1) is 12.7. The molecule has 3 aliphatic rings. The van der Waals surface area contributed by atoms with E-state index in [1.165, 1.54) is 53.3 Å². The molecule has 2 nitrogen and oxygen atoms in total. The van der Waals surface area contributed by atoms with Crippen LogP contribution in [0.4, 0.5) is 5.69 Å². The van der Waals surface area contributed by atoms with Gasteiger partial charge >= 0.3 is 0 Å². The smallest absolute Gasteiger partial charge is 0.0543 e. The third kappa shape index (κ3) is 2.84. The van der Waals surface area contributed by atoms with E-state index >= 15 is 0 Å². The Balaban J connectivity index is 1.68. The Bertz CT molecular complexity index is 854. The third-order valence-corrected chi connectivity index (χ3v) is 7.61. The summed E-state index contributed by atoms with van der Waals surface area (Å²) in [5.41, 5.74) is 5.36. The SMILES string of the molecule is Clc1ccc(-c2cc3c4c(c2)C2CCNCCC2N4CCCS3)c(Cl)c1. The second kappa shape index (κ2) is 6.94. The van der Waals surface area contributed by atoms with Gasteiger partial charge in [0.15, 0.2) is 0 Å². The van der Waals surface area contributed by atoms with Gasteiger partial charge in [0.1, 0.15) is 0 Å². The van der Waals surface area contributed by atoms with Crippen molar-refractivity contribution in [2.45, 2.75) is 36.1 Å². The van der Waals surface area contributed by atoms with Crippen LogP contribution in [-0.4, -0.2) is 31.4 Å². The minimum Gasteiger partial charge on any atom is -0.367 e. The van der Waals surface area contributed by atoms with E-state index in [4.69, 9.17) is 23.2 Å². The molecule has 5 rings (SSSR count). The molecule has 3 aliphatic heterocycles. The zero-order valence-electron chi connectivity index (χ0n) is 14.6. The first kappa shape index (κ1) is 17.2. The van der Waals surface area contributed by atoms with Crippen molar-refractivity contribution in [3.8, 4) is 11.1 Å². The van der Waals surface area contributed by atoms with Crippen molar-refractivity contribution in [1.29, 1.82) is 0 Å². The molecule has 3 heterocycles. The zero-order chi connectivity index (χ0) is 17.7. The van der Waals surface area contributed by atoms with E-state index in [2.05, 4.69) is 28.4 Å². The van der Waals surface area contributed by atoms with Crippen LogP contribution in [0.2, 0.25) is 10.0 Å². The lowest BCUT2D eigenvalue weighted by molar-refractivity contribution is 0.509. The number of anilines is 1. The number of hydrogen-bond donors (Lipinski definition) is 1. The average molecular weight is 405 g/mol. The van der Waals surface area contributed by atoms with Crippen molar-refractivity contribution in [3.05, 3.63) is 45.9 Å². The number of benzene rings is 2. The Labute approximate surface area is 169 Å². The summed E-state index contributed by atoms with van der Waals surface area (Å²) in [5.74, 6) is 1.82. The van der Waals surface area contributed by atoms with E-state index in [0.717, 1.165) is 23.7 Å².